The number of fused-ring (bicyclic) bond motifs is 1. The molecule has 5 atom stereocenters. The number of benzene rings is 1. The number of hydrogen-bond donors (Lipinski definition) is 1. The van der Waals surface area contributed by atoms with Crippen molar-refractivity contribution in [2.75, 3.05) is 13.2 Å². The minimum absolute atomic E-state index is 0.0793. The molecule has 0 aromatic heterocycles. The van der Waals surface area contributed by atoms with E-state index in [0.717, 1.165) is 44.9 Å². The number of aliphatic hydroxyl groups excluding tert-OH is 1. The van der Waals surface area contributed by atoms with E-state index in [0.29, 0.717) is 30.6 Å². The highest BCUT2D eigenvalue weighted by Gasteiger charge is 2.57. The van der Waals surface area contributed by atoms with Crippen molar-refractivity contribution in [3.05, 3.63) is 48.0 Å². The average molecular weight is 415 g/mol. The highest BCUT2D eigenvalue weighted by atomic mass is 16.7. The second-order valence-corrected chi connectivity index (χ2v) is 9.01. The van der Waals surface area contributed by atoms with E-state index in [4.69, 9.17) is 14.2 Å². The molecule has 5 heteroatoms. The normalized spacial score (nSPS) is 30.7. The van der Waals surface area contributed by atoms with Gasteiger partial charge in [-0.15, -0.1) is 0 Å². The van der Waals surface area contributed by atoms with Crippen molar-refractivity contribution in [3.8, 4) is 0 Å². The molecule has 3 aliphatic rings. The highest BCUT2D eigenvalue weighted by Crippen LogP contribution is 2.55. The van der Waals surface area contributed by atoms with Crippen molar-refractivity contribution >= 4 is 5.97 Å². The van der Waals surface area contributed by atoms with Crippen LogP contribution in [0.25, 0.3) is 0 Å². The quantitative estimate of drug-likeness (QED) is 0.385. The van der Waals surface area contributed by atoms with Gasteiger partial charge in [-0.25, -0.2) is 4.79 Å². The Hall–Kier alpha value is -1.69. The Labute approximate surface area is 179 Å². The molecular formula is C25H34O5. The van der Waals surface area contributed by atoms with E-state index < -0.39 is 11.9 Å². The van der Waals surface area contributed by atoms with Gasteiger partial charge in [-0.2, -0.15) is 0 Å². The molecule has 1 aromatic carbocycles. The maximum Gasteiger partial charge on any atom is 0.338 e. The summed E-state index contributed by atoms with van der Waals surface area (Å²) in [6, 6.07) is 9.17. The lowest BCUT2D eigenvalue weighted by molar-refractivity contribution is -0.157. The standard InChI is InChI=1S/C25H34O5/c1-2-3-5-10-20(26)11-12-21-22-17-25(28-13-14-29-25)16-19(22)15-23(21)30-24(27)18-8-6-4-7-9-18/h4,6-9,11-12,19-23,26H,2-3,5,10,13-17H2,1H3/t19-,20-,21-,22+,23-/m1/s1. The first kappa shape index (κ1) is 21.5. The van der Waals surface area contributed by atoms with Crippen LogP contribution in [-0.4, -0.2) is 42.3 Å². The van der Waals surface area contributed by atoms with Gasteiger partial charge in [0.2, 0.25) is 0 Å². The fourth-order valence-corrected chi connectivity index (χ4v) is 5.46. The molecule has 0 amide bonds. The second-order valence-electron chi connectivity index (χ2n) is 9.01. The van der Waals surface area contributed by atoms with Crippen molar-refractivity contribution in [1.82, 2.24) is 0 Å². The molecule has 4 rings (SSSR count). The Morgan fingerprint density at radius 1 is 1.23 bits per heavy atom. The van der Waals surface area contributed by atoms with Gasteiger partial charge in [-0.3, -0.25) is 0 Å². The number of carbonyl (C=O) groups excluding carboxylic acids is 1. The van der Waals surface area contributed by atoms with Crippen LogP contribution in [0.4, 0.5) is 0 Å². The van der Waals surface area contributed by atoms with Crippen molar-refractivity contribution in [2.45, 2.75) is 69.9 Å². The van der Waals surface area contributed by atoms with Gasteiger partial charge in [0, 0.05) is 18.8 Å². The van der Waals surface area contributed by atoms with Crippen LogP contribution in [0.1, 0.15) is 62.2 Å². The second kappa shape index (κ2) is 9.63. The molecule has 3 fully saturated rings. The summed E-state index contributed by atoms with van der Waals surface area (Å²) >= 11 is 0. The number of carbonyl (C=O) groups is 1. The van der Waals surface area contributed by atoms with E-state index in [2.05, 4.69) is 13.0 Å². The van der Waals surface area contributed by atoms with Gasteiger partial charge in [0.1, 0.15) is 6.10 Å². The smallest absolute Gasteiger partial charge is 0.338 e. The largest absolute Gasteiger partial charge is 0.458 e. The molecule has 2 aliphatic carbocycles. The predicted molar refractivity (Wildman–Crippen MR) is 114 cm³/mol. The molecule has 0 bridgehead atoms. The molecule has 0 unspecified atom stereocenters. The SMILES string of the molecule is CCCCC[C@@H](O)C=C[C@@H]1[C@H]2CC3(C[C@H]2C[C@H]1OC(=O)c1ccccc1)OCCO3. The van der Waals surface area contributed by atoms with Crippen molar-refractivity contribution in [1.29, 1.82) is 0 Å². The summed E-state index contributed by atoms with van der Waals surface area (Å²) in [6.45, 7) is 3.47. The molecule has 1 spiro atoms. The fraction of sp³-hybridized carbons (Fsp3) is 0.640. The molecule has 164 valence electrons. The molecule has 1 aliphatic heterocycles. The van der Waals surface area contributed by atoms with Gasteiger partial charge in [0.05, 0.1) is 24.9 Å². The Morgan fingerprint density at radius 3 is 2.73 bits per heavy atom. The zero-order valence-corrected chi connectivity index (χ0v) is 17.9. The van der Waals surface area contributed by atoms with Crippen molar-refractivity contribution in [2.24, 2.45) is 17.8 Å². The lowest BCUT2D eigenvalue weighted by atomic mass is 9.90. The van der Waals surface area contributed by atoms with Crippen LogP contribution >= 0.6 is 0 Å². The maximum absolute atomic E-state index is 12.7. The van der Waals surface area contributed by atoms with Gasteiger partial charge in [0.15, 0.2) is 5.79 Å². The van der Waals surface area contributed by atoms with Crippen LogP contribution in [-0.2, 0) is 14.2 Å². The molecule has 1 saturated heterocycles. The van der Waals surface area contributed by atoms with Crippen molar-refractivity contribution < 1.29 is 24.1 Å². The molecule has 2 saturated carbocycles. The monoisotopic (exact) mass is 414 g/mol. The van der Waals surface area contributed by atoms with E-state index in [9.17, 15) is 9.90 Å². The summed E-state index contributed by atoms with van der Waals surface area (Å²) < 4.78 is 17.9. The highest BCUT2D eigenvalue weighted by molar-refractivity contribution is 5.89. The lowest BCUT2D eigenvalue weighted by Crippen LogP contribution is -2.31. The molecule has 0 radical (unpaired) electrons. The first-order chi connectivity index (χ1) is 14.6. The summed E-state index contributed by atoms with van der Waals surface area (Å²) in [5, 5.41) is 10.4. The third kappa shape index (κ3) is 4.79. The summed E-state index contributed by atoms with van der Waals surface area (Å²) in [5.74, 6) is 0.107. The Kier molecular flexibility index (Phi) is 6.91. The minimum atomic E-state index is -0.449. The van der Waals surface area contributed by atoms with Crippen LogP contribution < -0.4 is 0 Å². The fourth-order valence-electron chi connectivity index (χ4n) is 5.46. The van der Waals surface area contributed by atoms with E-state index in [1.165, 1.54) is 0 Å². The summed E-state index contributed by atoms with van der Waals surface area (Å²) in [7, 11) is 0. The predicted octanol–water partition coefficient (Wildman–Crippen LogP) is 4.50. The maximum atomic E-state index is 12.7. The Morgan fingerprint density at radius 2 is 2.00 bits per heavy atom. The van der Waals surface area contributed by atoms with Gasteiger partial charge in [0.25, 0.3) is 0 Å². The summed E-state index contributed by atoms with van der Waals surface area (Å²) in [5.41, 5.74) is 0.579. The number of hydrogen-bond acceptors (Lipinski definition) is 5. The van der Waals surface area contributed by atoms with Gasteiger partial charge in [-0.05, 0) is 36.8 Å². The number of aliphatic hydroxyl groups is 1. The van der Waals surface area contributed by atoms with Crippen LogP contribution in [0, 0.1) is 17.8 Å². The zero-order valence-electron chi connectivity index (χ0n) is 17.9. The molecule has 1 aromatic rings. The molecule has 1 heterocycles. The summed E-state index contributed by atoms with van der Waals surface area (Å²) in [4.78, 5) is 12.7. The average Bonchev–Trinajstić information content (AvgIpc) is 3.43. The summed E-state index contributed by atoms with van der Waals surface area (Å²) in [6.07, 6.45) is 9.96. The minimum Gasteiger partial charge on any atom is -0.458 e. The van der Waals surface area contributed by atoms with E-state index in [-0.39, 0.29) is 18.0 Å². The van der Waals surface area contributed by atoms with Gasteiger partial charge >= 0.3 is 5.97 Å². The van der Waals surface area contributed by atoms with Crippen molar-refractivity contribution in [3.63, 3.8) is 0 Å². The number of ether oxygens (including phenoxy) is 3. The van der Waals surface area contributed by atoms with Crippen LogP contribution in [0.5, 0.6) is 0 Å². The first-order valence-electron chi connectivity index (χ1n) is 11.5. The van der Waals surface area contributed by atoms with Gasteiger partial charge < -0.3 is 19.3 Å². The Bertz CT molecular complexity index is 724. The van der Waals surface area contributed by atoms with E-state index >= 15 is 0 Å². The third-order valence-electron chi connectivity index (χ3n) is 6.92. The van der Waals surface area contributed by atoms with Crippen LogP contribution in [0.2, 0.25) is 0 Å². The lowest BCUT2D eigenvalue weighted by Gasteiger charge is -2.27. The number of unbranched alkanes of at least 4 members (excludes halogenated alkanes) is 2. The molecular weight excluding hydrogens is 380 g/mol. The van der Waals surface area contributed by atoms with E-state index in [1.54, 1.807) is 12.1 Å². The zero-order chi connectivity index (χ0) is 21.0. The molecule has 30 heavy (non-hydrogen) atoms. The number of esters is 1. The first-order valence-corrected chi connectivity index (χ1v) is 11.5. The van der Waals surface area contributed by atoms with Crippen LogP contribution in [0.15, 0.2) is 42.5 Å². The number of rotatable bonds is 8. The van der Waals surface area contributed by atoms with Gasteiger partial charge in [-0.1, -0.05) is 56.5 Å². The topological polar surface area (TPSA) is 65.0 Å². The Balaban J connectivity index is 1.45. The molecule has 1 N–H and O–H groups in total. The molecule has 5 nitrogen and oxygen atoms in total. The van der Waals surface area contributed by atoms with E-state index in [1.807, 2.05) is 24.3 Å². The third-order valence-corrected chi connectivity index (χ3v) is 6.92. The van der Waals surface area contributed by atoms with Crippen LogP contribution in [0.3, 0.4) is 0 Å².